The average Bonchev–Trinajstić information content (AvgIpc) is 2.54. The van der Waals surface area contributed by atoms with Crippen molar-refractivity contribution in [3.63, 3.8) is 0 Å². The Balaban J connectivity index is 2.16. The number of carbonyl (C=O) groups is 1. The molecule has 0 saturated heterocycles. The predicted molar refractivity (Wildman–Crippen MR) is 88.3 cm³/mol. The second kappa shape index (κ2) is 7.63. The Bertz CT molecular complexity index is 703. The van der Waals surface area contributed by atoms with E-state index >= 15 is 0 Å². The van der Waals surface area contributed by atoms with Crippen molar-refractivity contribution in [1.82, 2.24) is 0 Å². The molecule has 128 valence electrons. The lowest BCUT2D eigenvalue weighted by molar-refractivity contribution is -0.0511. The molecule has 0 aliphatic carbocycles. The van der Waals surface area contributed by atoms with Crippen LogP contribution in [0.1, 0.15) is 10.4 Å². The number of methoxy groups -OCH3 is 1. The van der Waals surface area contributed by atoms with Crippen LogP contribution in [0.3, 0.4) is 0 Å². The number of halogens is 2. The van der Waals surface area contributed by atoms with E-state index in [1.807, 2.05) is 31.1 Å². The zero-order valence-corrected chi connectivity index (χ0v) is 13.5. The highest BCUT2D eigenvalue weighted by atomic mass is 19.3. The van der Waals surface area contributed by atoms with Gasteiger partial charge in [0.15, 0.2) is 11.5 Å². The first kappa shape index (κ1) is 17.5. The van der Waals surface area contributed by atoms with Crippen LogP contribution in [0.5, 0.6) is 11.5 Å². The number of anilines is 2. The lowest BCUT2D eigenvalue weighted by Gasteiger charge is -2.14. The second-order valence-corrected chi connectivity index (χ2v) is 5.14. The van der Waals surface area contributed by atoms with E-state index in [-0.39, 0.29) is 17.4 Å². The summed E-state index contributed by atoms with van der Waals surface area (Å²) in [6, 6.07) is 11.3. The van der Waals surface area contributed by atoms with Crippen LogP contribution < -0.4 is 19.7 Å². The van der Waals surface area contributed by atoms with E-state index in [1.165, 1.54) is 19.2 Å². The summed E-state index contributed by atoms with van der Waals surface area (Å²) in [7, 11) is 5.15. The first-order valence-corrected chi connectivity index (χ1v) is 7.12. The Morgan fingerprint density at radius 2 is 1.75 bits per heavy atom. The van der Waals surface area contributed by atoms with Crippen molar-refractivity contribution in [2.24, 2.45) is 0 Å². The number of alkyl halides is 2. The number of benzene rings is 2. The van der Waals surface area contributed by atoms with Gasteiger partial charge in [0.2, 0.25) is 0 Å². The summed E-state index contributed by atoms with van der Waals surface area (Å²) < 4.78 is 34.2. The number of carbonyl (C=O) groups excluding carboxylic acids is 1. The molecule has 0 bridgehead atoms. The van der Waals surface area contributed by atoms with Gasteiger partial charge in [-0.1, -0.05) is 0 Å². The van der Waals surface area contributed by atoms with Gasteiger partial charge in [-0.2, -0.15) is 8.78 Å². The highest BCUT2D eigenvalue weighted by molar-refractivity contribution is 6.04. The molecular weight excluding hydrogens is 318 g/mol. The minimum Gasteiger partial charge on any atom is -0.493 e. The van der Waals surface area contributed by atoms with Gasteiger partial charge in [0.05, 0.1) is 7.11 Å². The van der Waals surface area contributed by atoms with Gasteiger partial charge in [0, 0.05) is 37.1 Å². The molecule has 1 N–H and O–H groups in total. The van der Waals surface area contributed by atoms with Gasteiger partial charge in [0.1, 0.15) is 0 Å². The van der Waals surface area contributed by atoms with Gasteiger partial charge in [0.25, 0.3) is 5.91 Å². The van der Waals surface area contributed by atoms with Crippen LogP contribution in [0.4, 0.5) is 20.2 Å². The molecule has 7 heteroatoms. The van der Waals surface area contributed by atoms with E-state index in [1.54, 1.807) is 18.2 Å². The van der Waals surface area contributed by atoms with Gasteiger partial charge in [-0.3, -0.25) is 4.79 Å². The number of hydrogen-bond acceptors (Lipinski definition) is 4. The predicted octanol–water partition coefficient (Wildman–Crippen LogP) is 3.61. The van der Waals surface area contributed by atoms with E-state index in [9.17, 15) is 13.6 Å². The Hall–Kier alpha value is -2.83. The summed E-state index contributed by atoms with van der Waals surface area (Å²) in [6.45, 7) is -2.98. The summed E-state index contributed by atoms with van der Waals surface area (Å²) in [5, 5.41) is 2.64. The molecule has 2 rings (SSSR count). The molecule has 0 unspecified atom stereocenters. The van der Waals surface area contributed by atoms with Crippen LogP contribution >= 0.6 is 0 Å². The van der Waals surface area contributed by atoms with Crippen molar-refractivity contribution in [3.05, 3.63) is 48.0 Å². The third kappa shape index (κ3) is 4.34. The first-order chi connectivity index (χ1) is 11.4. The number of hydrogen-bond donors (Lipinski definition) is 1. The molecule has 5 nitrogen and oxygen atoms in total. The normalized spacial score (nSPS) is 10.4. The Labute approximate surface area is 138 Å². The topological polar surface area (TPSA) is 50.8 Å². The van der Waals surface area contributed by atoms with Crippen LogP contribution in [0, 0.1) is 0 Å². The SMILES string of the molecule is COc1ccc(NC(=O)c2ccc(N(C)C)cc2)cc1OC(F)F. The van der Waals surface area contributed by atoms with Crippen molar-refractivity contribution in [3.8, 4) is 11.5 Å². The van der Waals surface area contributed by atoms with Gasteiger partial charge >= 0.3 is 6.61 Å². The molecule has 0 heterocycles. The Morgan fingerprint density at radius 3 is 2.29 bits per heavy atom. The zero-order chi connectivity index (χ0) is 17.7. The molecule has 0 aliphatic rings. The lowest BCUT2D eigenvalue weighted by Crippen LogP contribution is -2.13. The summed E-state index contributed by atoms with van der Waals surface area (Å²) in [4.78, 5) is 14.2. The maximum absolute atomic E-state index is 12.4. The minimum absolute atomic E-state index is 0.145. The Kier molecular flexibility index (Phi) is 5.57. The van der Waals surface area contributed by atoms with Crippen molar-refractivity contribution in [2.75, 3.05) is 31.4 Å². The fourth-order valence-electron chi connectivity index (χ4n) is 2.06. The average molecular weight is 336 g/mol. The standard InChI is InChI=1S/C17H18F2N2O3/c1-21(2)13-7-4-11(5-8-13)16(22)20-12-6-9-14(23-3)15(10-12)24-17(18)19/h4-10,17H,1-3H3,(H,20,22). The lowest BCUT2D eigenvalue weighted by atomic mass is 10.2. The van der Waals surface area contributed by atoms with E-state index in [4.69, 9.17) is 4.74 Å². The van der Waals surface area contributed by atoms with Crippen LogP contribution in [-0.2, 0) is 0 Å². The number of nitrogens with zero attached hydrogens (tertiary/aromatic N) is 1. The fourth-order valence-corrected chi connectivity index (χ4v) is 2.06. The molecule has 2 aromatic rings. The van der Waals surface area contributed by atoms with E-state index < -0.39 is 6.61 Å². The molecule has 0 fully saturated rings. The van der Waals surface area contributed by atoms with Crippen molar-refractivity contribution in [1.29, 1.82) is 0 Å². The minimum atomic E-state index is -2.98. The van der Waals surface area contributed by atoms with Crippen LogP contribution in [0.2, 0.25) is 0 Å². The highest BCUT2D eigenvalue weighted by Gasteiger charge is 2.13. The van der Waals surface area contributed by atoms with E-state index in [2.05, 4.69) is 10.1 Å². The molecule has 1 amide bonds. The van der Waals surface area contributed by atoms with E-state index in [0.29, 0.717) is 11.3 Å². The summed E-state index contributed by atoms with van der Waals surface area (Å²) in [5.74, 6) is -0.342. The number of nitrogens with one attached hydrogen (secondary N) is 1. The number of ether oxygens (including phenoxy) is 2. The zero-order valence-electron chi connectivity index (χ0n) is 13.5. The molecule has 0 spiro atoms. The summed E-state index contributed by atoms with van der Waals surface area (Å²) in [6.07, 6.45) is 0. The quantitative estimate of drug-likeness (QED) is 0.875. The molecule has 0 saturated carbocycles. The molecular formula is C17H18F2N2O3. The Morgan fingerprint density at radius 1 is 1.08 bits per heavy atom. The summed E-state index contributed by atoms with van der Waals surface area (Å²) in [5.41, 5.74) is 1.74. The number of rotatable bonds is 6. The monoisotopic (exact) mass is 336 g/mol. The van der Waals surface area contributed by atoms with Gasteiger partial charge < -0.3 is 19.7 Å². The van der Waals surface area contributed by atoms with Crippen LogP contribution in [0.15, 0.2) is 42.5 Å². The molecule has 24 heavy (non-hydrogen) atoms. The largest absolute Gasteiger partial charge is 0.493 e. The van der Waals surface area contributed by atoms with Gasteiger partial charge in [-0.25, -0.2) is 0 Å². The fraction of sp³-hybridized carbons (Fsp3) is 0.235. The first-order valence-electron chi connectivity index (χ1n) is 7.12. The van der Waals surface area contributed by atoms with Crippen molar-refractivity contribution < 1.29 is 23.0 Å². The highest BCUT2D eigenvalue weighted by Crippen LogP contribution is 2.31. The van der Waals surface area contributed by atoms with E-state index in [0.717, 1.165) is 5.69 Å². The van der Waals surface area contributed by atoms with Gasteiger partial charge in [-0.15, -0.1) is 0 Å². The number of amides is 1. The van der Waals surface area contributed by atoms with Gasteiger partial charge in [-0.05, 0) is 36.4 Å². The van der Waals surface area contributed by atoms with Crippen LogP contribution in [-0.4, -0.2) is 33.7 Å². The molecule has 0 atom stereocenters. The molecule has 2 aromatic carbocycles. The molecule has 0 aliphatic heterocycles. The third-order valence-electron chi connectivity index (χ3n) is 3.28. The van der Waals surface area contributed by atoms with Crippen molar-refractivity contribution >= 4 is 17.3 Å². The van der Waals surface area contributed by atoms with Crippen molar-refractivity contribution in [2.45, 2.75) is 6.61 Å². The molecule has 0 aromatic heterocycles. The molecule has 0 radical (unpaired) electrons. The second-order valence-electron chi connectivity index (χ2n) is 5.14. The third-order valence-corrected chi connectivity index (χ3v) is 3.28. The summed E-state index contributed by atoms with van der Waals surface area (Å²) >= 11 is 0. The smallest absolute Gasteiger partial charge is 0.387 e. The van der Waals surface area contributed by atoms with Crippen LogP contribution in [0.25, 0.3) is 0 Å². The maximum Gasteiger partial charge on any atom is 0.387 e. The maximum atomic E-state index is 12.4.